The lowest BCUT2D eigenvalue weighted by Gasteiger charge is -2.20. The van der Waals surface area contributed by atoms with Crippen LogP contribution in [-0.4, -0.2) is 23.8 Å². The summed E-state index contributed by atoms with van der Waals surface area (Å²) in [5.74, 6) is 0. The van der Waals surface area contributed by atoms with Crippen molar-refractivity contribution in [3.05, 3.63) is 52.8 Å². The van der Waals surface area contributed by atoms with Crippen molar-refractivity contribution in [1.82, 2.24) is 10.2 Å². The Morgan fingerprint density at radius 3 is 2.67 bits per heavy atom. The maximum Gasteiger partial charge on any atom is 0.115 e. The van der Waals surface area contributed by atoms with Gasteiger partial charge in [0.25, 0.3) is 0 Å². The third kappa shape index (κ3) is 4.43. The fourth-order valence-electron chi connectivity index (χ4n) is 1.43. The van der Waals surface area contributed by atoms with Crippen molar-refractivity contribution in [2.75, 3.05) is 13.8 Å². The van der Waals surface area contributed by atoms with Crippen LogP contribution in [0.3, 0.4) is 0 Å². The molecule has 3 nitrogen and oxygen atoms in total. The first-order valence-electron chi connectivity index (χ1n) is 5.72. The second-order valence-corrected chi connectivity index (χ2v) is 4.70. The summed E-state index contributed by atoms with van der Waals surface area (Å²) in [5, 5.41) is 13.0. The number of allylic oxidation sites excluding steroid dienone is 1. The van der Waals surface area contributed by atoms with Crippen LogP contribution in [0.4, 0.5) is 0 Å². The standard InChI is InChI=1S/C14H19ClN2O/c1-11(2)8-16-9-14(17(3)10-18)12-5-4-6-13(15)7-12/h4-9,16,18H,10H2,1-3H3/b14-9-. The molecule has 0 aliphatic rings. The van der Waals surface area contributed by atoms with Crippen LogP contribution in [0.5, 0.6) is 0 Å². The summed E-state index contributed by atoms with van der Waals surface area (Å²) in [6.07, 6.45) is 3.74. The minimum Gasteiger partial charge on any atom is -0.376 e. The van der Waals surface area contributed by atoms with Crippen molar-refractivity contribution in [2.45, 2.75) is 13.8 Å². The van der Waals surface area contributed by atoms with Gasteiger partial charge >= 0.3 is 0 Å². The molecule has 0 radical (unpaired) electrons. The van der Waals surface area contributed by atoms with Crippen LogP contribution in [0.1, 0.15) is 19.4 Å². The van der Waals surface area contributed by atoms with E-state index >= 15 is 0 Å². The maximum absolute atomic E-state index is 9.25. The van der Waals surface area contributed by atoms with Gasteiger partial charge in [0.05, 0.1) is 5.70 Å². The van der Waals surface area contributed by atoms with Gasteiger partial charge in [-0.1, -0.05) is 29.3 Å². The molecule has 1 rings (SSSR count). The van der Waals surface area contributed by atoms with Crippen molar-refractivity contribution in [3.63, 3.8) is 0 Å². The quantitative estimate of drug-likeness (QED) is 0.804. The largest absolute Gasteiger partial charge is 0.376 e. The van der Waals surface area contributed by atoms with Crippen molar-refractivity contribution < 1.29 is 5.11 Å². The highest BCUT2D eigenvalue weighted by Gasteiger charge is 2.06. The van der Waals surface area contributed by atoms with Crippen LogP contribution < -0.4 is 5.32 Å². The zero-order valence-corrected chi connectivity index (χ0v) is 11.7. The summed E-state index contributed by atoms with van der Waals surface area (Å²) in [4.78, 5) is 1.73. The molecule has 0 spiro atoms. The predicted octanol–water partition coefficient (Wildman–Crippen LogP) is 3.03. The highest BCUT2D eigenvalue weighted by Crippen LogP contribution is 2.20. The van der Waals surface area contributed by atoms with Crippen LogP contribution >= 0.6 is 11.6 Å². The molecule has 2 N–H and O–H groups in total. The Morgan fingerprint density at radius 2 is 2.11 bits per heavy atom. The molecule has 98 valence electrons. The van der Waals surface area contributed by atoms with Gasteiger partial charge < -0.3 is 15.3 Å². The van der Waals surface area contributed by atoms with Gasteiger partial charge in [0.1, 0.15) is 6.73 Å². The van der Waals surface area contributed by atoms with Gasteiger partial charge in [-0.05, 0) is 32.2 Å². The van der Waals surface area contributed by atoms with E-state index in [0.717, 1.165) is 11.3 Å². The van der Waals surface area contributed by atoms with Crippen LogP contribution in [0.25, 0.3) is 5.70 Å². The second kappa shape index (κ2) is 7.09. The number of halogens is 1. The van der Waals surface area contributed by atoms with Crippen LogP contribution in [-0.2, 0) is 0 Å². The van der Waals surface area contributed by atoms with Crippen molar-refractivity contribution in [3.8, 4) is 0 Å². The Labute approximate surface area is 113 Å². The average molecular weight is 267 g/mol. The van der Waals surface area contributed by atoms with E-state index < -0.39 is 0 Å². The number of rotatable bonds is 5. The Balaban J connectivity index is 3.02. The monoisotopic (exact) mass is 266 g/mol. The summed E-state index contributed by atoms with van der Waals surface area (Å²) >= 11 is 5.98. The van der Waals surface area contributed by atoms with E-state index in [-0.39, 0.29) is 6.73 Å². The number of hydrogen-bond donors (Lipinski definition) is 2. The molecule has 4 heteroatoms. The lowest BCUT2D eigenvalue weighted by atomic mass is 10.1. The van der Waals surface area contributed by atoms with Gasteiger partial charge in [-0.15, -0.1) is 0 Å². The van der Waals surface area contributed by atoms with Crippen molar-refractivity contribution in [2.24, 2.45) is 0 Å². The van der Waals surface area contributed by atoms with Gasteiger partial charge in [-0.25, -0.2) is 0 Å². The van der Waals surface area contributed by atoms with Gasteiger partial charge in [-0.2, -0.15) is 0 Å². The third-order valence-electron chi connectivity index (χ3n) is 2.34. The predicted molar refractivity (Wildman–Crippen MR) is 76.8 cm³/mol. The normalized spacial score (nSPS) is 11.1. The molecule has 0 aliphatic heterocycles. The molecule has 0 aliphatic carbocycles. The molecule has 18 heavy (non-hydrogen) atoms. The van der Waals surface area contributed by atoms with Gasteiger partial charge in [0, 0.05) is 23.8 Å². The molecule has 0 atom stereocenters. The summed E-state index contributed by atoms with van der Waals surface area (Å²) in [5.41, 5.74) is 2.99. The van der Waals surface area contributed by atoms with E-state index in [0.29, 0.717) is 5.02 Å². The lowest BCUT2D eigenvalue weighted by molar-refractivity contribution is 0.183. The average Bonchev–Trinajstić information content (AvgIpc) is 2.33. The highest BCUT2D eigenvalue weighted by atomic mass is 35.5. The Morgan fingerprint density at radius 1 is 1.39 bits per heavy atom. The second-order valence-electron chi connectivity index (χ2n) is 4.27. The molecule has 0 heterocycles. The molecule has 1 aromatic rings. The molecule has 0 saturated heterocycles. The Kier molecular flexibility index (Phi) is 5.75. The topological polar surface area (TPSA) is 35.5 Å². The van der Waals surface area contributed by atoms with Crippen LogP contribution in [0, 0.1) is 0 Å². The number of benzene rings is 1. The first-order valence-corrected chi connectivity index (χ1v) is 6.10. The third-order valence-corrected chi connectivity index (χ3v) is 2.57. The molecule has 0 saturated carbocycles. The zero-order valence-electron chi connectivity index (χ0n) is 10.9. The summed E-state index contributed by atoms with van der Waals surface area (Å²) in [6, 6.07) is 7.53. The van der Waals surface area contributed by atoms with E-state index in [4.69, 9.17) is 11.6 Å². The molecule has 1 aromatic carbocycles. The van der Waals surface area contributed by atoms with E-state index in [2.05, 4.69) is 5.32 Å². The Bertz CT molecular complexity index is 451. The minimum absolute atomic E-state index is 0.0607. The molecule has 0 amide bonds. The number of nitrogens with zero attached hydrogens (tertiary/aromatic N) is 1. The van der Waals surface area contributed by atoms with Gasteiger partial charge in [0.2, 0.25) is 0 Å². The maximum atomic E-state index is 9.25. The van der Waals surface area contributed by atoms with Crippen LogP contribution in [0.2, 0.25) is 5.02 Å². The number of nitrogens with one attached hydrogen (secondary N) is 1. The number of aliphatic hydroxyl groups excluding tert-OH is 1. The fourth-order valence-corrected chi connectivity index (χ4v) is 1.62. The zero-order chi connectivity index (χ0) is 13.5. The smallest absolute Gasteiger partial charge is 0.115 e. The molecular formula is C14H19ClN2O. The SMILES string of the molecule is CC(C)=CN/C=C(/c1cccc(Cl)c1)N(C)CO. The number of hydrogen-bond acceptors (Lipinski definition) is 3. The summed E-state index contributed by atoms with van der Waals surface area (Å²) in [6.45, 7) is 3.96. The molecule has 0 aromatic heterocycles. The van der Waals surface area contributed by atoms with Gasteiger partial charge in [0.15, 0.2) is 0 Å². The Hall–Kier alpha value is -1.45. The van der Waals surface area contributed by atoms with E-state index in [1.165, 1.54) is 5.57 Å². The van der Waals surface area contributed by atoms with Crippen molar-refractivity contribution >= 4 is 17.3 Å². The molecular weight excluding hydrogens is 248 g/mol. The lowest BCUT2D eigenvalue weighted by Crippen LogP contribution is -2.19. The summed E-state index contributed by atoms with van der Waals surface area (Å²) in [7, 11) is 1.82. The molecule has 0 fully saturated rings. The first kappa shape index (κ1) is 14.6. The van der Waals surface area contributed by atoms with Gasteiger partial charge in [-0.3, -0.25) is 0 Å². The summed E-state index contributed by atoms with van der Waals surface area (Å²) < 4.78 is 0. The molecule has 0 unspecified atom stereocenters. The van der Waals surface area contributed by atoms with E-state index in [9.17, 15) is 5.11 Å². The van der Waals surface area contributed by atoms with Crippen molar-refractivity contribution in [1.29, 1.82) is 0 Å². The minimum atomic E-state index is -0.0607. The van der Waals surface area contributed by atoms with Crippen LogP contribution in [0.15, 0.2) is 42.2 Å². The molecule has 0 bridgehead atoms. The van der Waals surface area contributed by atoms with E-state index in [1.807, 2.05) is 57.6 Å². The number of aliphatic hydroxyl groups is 1. The van der Waals surface area contributed by atoms with E-state index in [1.54, 1.807) is 4.90 Å². The first-order chi connectivity index (χ1) is 8.54. The fraction of sp³-hybridized carbons (Fsp3) is 0.286. The highest BCUT2D eigenvalue weighted by molar-refractivity contribution is 6.30.